The van der Waals surface area contributed by atoms with Gasteiger partial charge in [0.2, 0.25) is 0 Å². The summed E-state index contributed by atoms with van der Waals surface area (Å²) in [5.74, 6) is 0.580. The van der Waals surface area contributed by atoms with E-state index in [2.05, 4.69) is 10.5 Å². The molecule has 0 radical (unpaired) electrons. The van der Waals surface area contributed by atoms with E-state index in [4.69, 9.17) is 22.1 Å². The fourth-order valence-corrected chi connectivity index (χ4v) is 1.20. The number of nitrogens with one attached hydrogen (secondary N) is 1. The smallest absolute Gasteiger partial charge is 0.332 e. The van der Waals surface area contributed by atoms with Gasteiger partial charge in [-0.05, 0) is 23.8 Å². The number of rotatable bonds is 3. The zero-order valence-electron chi connectivity index (χ0n) is 8.03. The minimum Gasteiger partial charge on any atom is -0.495 e. The lowest BCUT2D eigenvalue weighted by Gasteiger charge is -2.02. The number of primary amides is 1. The van der Waals surface area contributed by atoms with E-state index in [1.54, 1.807) is 18.2 Å². The van der Waals surface area contributed by atoms with Gasteiger partial charge < -0.3 is 10.5 Å². The van der Waals surface area contributed by atoms with Crippen LogP contribution < -0.4 is 15.9 Å². The molecule has 1 aromatic carbocycles. The number of benzene rings is 1. The minimum absolute atomic E-state index is 0.473. The molecule has 2 amide bonds. The number of halogens is 1. The quantitative estimate of drug-likeness (QED) is 0.604. The maximum absolute atomic E-state index is 10.3. The largest absolute Gasteiger partial charge is 0.495 e. The van der Waals surface area contributed by atoms with Gasteiger partial charge in [-0.1, -0.05) is 11.6 Å². The van der Waals surface area contributed by atoms with Crippen molar-refractivity contribution in [3.05, 3.63) is 28.8 Å². The molecular weight excluding hydrogens is 218 g/mol. The van der Waals surface area contributed by atoms with Crippen molar-refractivity contribution in [1.82, 2.24) is 5.43 Å². The van der Waals surface area contributed by atoms with Crippen LogP contribution in [0.15, 0.2) is 23.3 Å². The number of carbonyl (C=O) groups is 1. The van der Waals surface area contributed by atoms with Crippen LogP contribution in [0, 0.1) is 0 Å². The standard InChI is InChI=1S/C9H10ClN3O2/c1-15-8-3-2-6(4-7(8)10)5-12-13-9(11)14/h2-5H,1H3,(H3,11,13,14). The first kappa shape index (κ1) is 11.3. The third-order valence-electron chi connectivity index (χ3n) is 1.56. The van der Waals surface area contributed by atoms with Gasteiger partial charge in [0.15, 0.2) is 0 Å². The van der Waals surface area contributed by atoms with E-state index in [0.717, 1.165) is 5.56 Å². The Bertz CT molecular complexity index is 393. The zero-order chi connectivity index (χ0) is 11.3. The fourth-order valence-electron chi connectivity index (χ4n) is 0.933. The predicted molar refractivity (Wildman–Crippen MR) is 58.3 cm³/mol. The Morgan fingerprint density at radius 2 is 2.40 bits per heavy atom. The molecule has 0 heterocycles. The Morgan fingerprint density at radius 1 is 1.67 bits per heavy atom. The average Bonchev–Trinajstić information content (AvgIpc) is 2.17. The molecule has 0 aliphatic carbocycles. The van der Waals surface area contributed by atoms with Crippen molar-refractivity contribution < 1.29 is 9.53 Å². The molecular formula is C9H10ClN3O2. The Morgan fingerprint density at radius 3 is 2.93 bits per heavy atom. The Labute approximate surface area is 91.9 Å². The number of carbonyl (C=O) groups excluding carboxylic acids is 1. The molecule has 0 aliphatic heterocycles. The summed E-state index contributed by atoms with van der Waals surface area (Å²) in [6, 6.07) is 4.39. The summed E-state index contributed by atoms with van der Waals surface area (Å²) < 4.78 is 4.98. The molecule has 0 aromatic heterocycles. The summed E-state index contributed by atoms with van der Waals surface area (Å²) in [4.78, 5) is 10.3. The van der Waals surface area contributed by atoms with Gasteiger partial charge in [-0.2, -0.15) is 5.10 Å². The molecule has 0 fully saturated rings. The van der Waals surface area contributed by atoms with Crippen LogP contribution in [0.1, 0.15) is 5.56 Å². The first-order valence-electron chi connectivity index (χ1n) is 4.05. The summed E-state index contributed by atoms with van der Waals surface area (Å²) in [6.07, 6.45) is 1.43. The number of hydrazone groups is 1. The number of nitrogens with zero attached hydrogens (tertiary/aromatic N) is 1. The third-order valence-corrected chi connectivity index (χ3v) is 1.86. The maximum atomic E-state index is 10.3. The van der Waals surface area contributed by atoms with Crippen molar-refractivity contribution in [3.63, 3.8) is 0 Å². The van der Waals surface area contributed by atoms with Crippen molar-refractivity contribution in [2.24, 2.45) is 10.8 Å². The Kier molecular flexibility index (Phi) is 3.93. The monoisotopic (exact) mass is 227 g/mol. The van der Waals surface area contributed by atoms with Gasteiger partial charge in [-0.3, -0.25) is 0 Å². The van der Waals surface area contributed by atoms with E-state index >= 15 is 0 Å². The van der Waals surface area contributed by atoms with Crippen molar-refractivity contribution in [1.29, 1.82) is 0 Å². The van der Waals surface area contributed by atoms with Crippen LogP contribution >= 0.6 is 11.6 Å². The van der Waals surface area contributed by atoms with Crippen molar-refractivity contribution >= 4 is 23.8 Å². The van der Waals surface area contributed by atoms with Gasteiger partial charge >= 0.3 is 6.03 Å². The Hall–Kier alpha value is -1.75. The first-order valence-corrected chi connectivity index (χ1v) is 4.43. The highest BCUT2D eigenvalue weighted by Crippen LogP contribution is 2.24. The second kappa shape index (κ2) is 5.21. The molecule has 0 saturated heterocycles. The molecule has 0 aliphatic rings. The SMILES string of the molecule is COc1ccc(C=NNC(N)=O)cc1Cl. The van der Waals surface area contributed by atoms with Crippen molar-refractivity contribution in [3.8, 4) is 5.75 Å². The molecule has 0 saturated carbocycles. The molecule has 0 spiro atoms. The topological polar surface area (TPSA) is 76.7 Å². The van der Waals surface area contributed by atoms with Crippen LogP contribution in [0.5, 0.6) is 5.75 Å². The third kappa shape index (κ3) is 3.47. The van der Waals surface area contributed by atoms with Crippen LogP contribution in [0.2, 0.25) is 5.02 Å². The van der Waals surface area contributed by atoms with Gasteiger partial charge in [-0.15, -0.1) is 0 Å². The van der Waals surface area contributed by atoms with Gasteiger partial charge in [0.05, 0.1) is 18.3 Å². The maximum Gasteiger partial charge on any atom is 0.332 e. The molecule has 80 valence electrons. The highest BCUT2D eigenvalue weighted by molar-refractivity contribution is 6.32. The minimum atomic E-state index is -0.717. The molecule has 5 nitrogen and oxygen atoms in total. The lowest BCUT2D eigenvalue weighted by Crippen LogP contribution is -2.24. The number of amides is 2. The molecule has 1 aromatic rings. The lowest BCUT2D eigenvalue weighted by atomic mass is 10.2. The molecule has 0 bridgehead atoms. The molecule has 15 heavy (non-hydrogen) atoms. The number of urea groups is 1. The van der Waals surface area contributed by atoms with E-state index in [1.807, 2.05) is 0 Å². The first-order chi connectivity index (χ1) is 7.13. The highest BCUT2D eigenvalue weighted by Gasteiger charge is 1.99. The van der Waals surface area contributed by atoms with Gasteiger partial charge in [-0.25, -0.2) is 10.2 Å². The molecule has 3 N–H and O–H groups in total. The van der Waals surface area contributed by atoms with E-state index in [-0.39, 0.29) is 0 Å². The number of hydrogen-bond donors (Lipinski definition) is 2. The lowest BCUT2D eigenvalue weighted by molar-refractivity contribution is 0.249. The Balaban J connectivity index is 2.75. The zero-order valence-corrected chi connectivity index (χ0v) is 8.78. The summed E-state index contributed by atoms with van der Waals surface area (Å²) in [5.41, 5.74) is 7.63. The van der Waals surface area contributed by atoms with Gasteiger partial charge in [0.25, 0.3) is 0 Å². The van der Waals surface area contributed by atoms with Crippen LogP contribution in [0.3, 0.4) is 0 Å². The normalized spacial score (nSPS) is 10.3. The van der Waals surface area contributed by atoms with Gasteiger partial charge in [0, 0.05) is 0 Å². The van der Waals surface area contributed by atoms with Crippen LogP contribution in [0.25, 0.3) is 0 Å². The fraction of sp³-hybridized carbons (Fsp3) is 0.111. The second-order valence-corrected chi connectivity index (χ2v) is 3.04. The predicted octanol–water partition coefficient (Wildman–Crippen LogP) is 1.35. The summed E-state index contributed by atoms with van der Waals surface area (Å²) in [6.45, 7) is 0. The van der Waals surface area contributed by atoms with Crippen molar-refractivity contribution in [2.75, 3.05) is 7.11 Å². The van der Waals surface area contributed by atoms with E-state index in [1.165, 1.54) is 13.3 Å². The number of ether oxygens (including phenoxy) is 1. The summed E-state index contributed by atoms with van der Waals surface area (Å²) in [7, 11) is 1.53. The summed E-state index contributed by atoms with van der Waals surface area (Å²) >= 11 is 5.87. The number of methoxy groups -OCH3 is 1. The highest BCUT2D eigenvalue weighted by atomic mass is 35.5. The van der Waals surface area contributed by atoms with Crippen LogP contribution in [-0.2, 0) is 0 Å². The molecule has 0 atom stereocenters. The van der Waals surface area contributed by atoms with E-state index in [9.17, 15) is 4.79 Å². The number of nitrogens with two attached hydrogens (primary N) is 1. The molecule has 1 rings (SSSR count). The molecule has 6 heteroatoms. The number of hydrogen-bond acceptors (Lipinski definition) is 3. The van der Waals surface area contributed by atoms with E-state index < -0.39 is 6.03 Å². The average molecular weight is 228 g/mol. The van der Waals surface area contributed by atoms with Gasteiger partial charge in [0.1, 0.15) is 5.75 Å². The van der Waals surface area contributed by atoms with Crippen molar-refractivity contribution in [2.45, 2.75) is 0 Å². The van der Waals surface area contributed by atoms with Crippen LogP contribution in [-0.4, -0.2) is 19.4 Å². The summed E-state index contributed by atoms with van der Waals surface area (Å²) in [5, 5.41) is 4.06. The second-order valence-electron chi connectivity index (χ2n) is 2.63. The van der Waals surface area contributed by atoms with E-state index in [0.29, 0.717) is 10.8 Å². The van der Waals surface area contributed by atoms with Crippen LogP contribution in [0.4, 0.5) is 4.79 Å². The molecule has 0 unspecified atom stereocenters.